The minimum Gasteiger partial charge on any atom is -0.311 e. The number of rotatable bonds is 6. The molecule has 134 valence electrons. The lowest BCUT2D eigenvalue weighted by molar-refractivity contribution is 0.184. The average molecular weight is 337 g/mol. The maximum Gasteiger partial charge on any atom is 0.0221 e. The summed E-state index contributed by atoms with van der Waals surface area (Å²) in [6.07, 6.45) is 10.1. The van der Waals surface area contributed by atoms with Crippen LogP contribution in [0.2, 0.25) is 0 Å². The summed E-state index contributed by atoms with van der Waals surface area (Å²) >= 11 is 0. The van der Waals surface area contributed by atoms with E-state index in [1.54, 1.807) is 0 Å². The van der Waals surface area contributed by atoms with Crippen molar-refractivity contribution < 1.29 is 0 Å². The molecule has 0 radical (unpaired) electrons. The molecular weight excluding hydrogens is 304 g/mol. The standard InChI is InChI=1S/C23H32N2/c1-2-7-19(8-3-1)18-25-14-6-11-23(25)17-24-16-20-12-13-21-9-4-5-10-22(21)15-20/h4-5,9-10,12-13,15,19,23-24H,1-3,6-8,11,14,16-18H2. The van der Waals surface area contributed by atoms with Crippen LogP contribution in [0.15, 0.2) is 42.5 Å². The molecule has 0 bridgehead atoms. The highest BCUT2D eigenvalue weighted by Gasteiger charge is 2.26. The van der Waals surface area contributed by atoms with Gasteiger partial charge in [-0.05, 0) is 60.5 Å². The number of nitrogens with one attached hydrogen (secondary N) is 1. The third-order valence-corrected chi connectivity index (χ3v) is 6.24. The van der Waals surface area contributed by atoms with Gasteiger partial charge in [-0.25, -0.2) is 0 Å². The van der Waals surface area contributed by atoms with Gasteiger partial charge in [0.25, 0.3) is 0 Å². The van der Waals surface area contributed by atoms with Gasteiger partial charge in [0, 0.05) is 25.7 Å². The molecule has 0 aromatic heterocycles. The van der Waals surface area contributed by atoms with Gasteiger partial charge in [0.05, 0.1) is 0 Å². The Kier molecular flexibility index (Phi) is 5.68. The number of hydrogen-bond acceptors (Lipinski definition) is 2. The summed E-state index contributed by atoms with van der Waals surface area (Å²) in [6, 6.07) is 16.2. The molecule has 1 heterocycles. The lowest BCUT2D eigenvalue weighted by Crippen LogP contribution is -2.40. The zero-order valence-electron chi connectivity index (χ0n) is 15.4. The number of fused-ring (bicyclic) bond motifs is 1. The van der Waals surface area contributed by atoms with Crippen molar-refractivity contribution in [3.05, 3.63) is 48.0 Å². The van der Waals surface area contributed by atoms with Crippen molar-refractivity contribution in [3.63, 3.8) is 0 Å². The van der Waals surface area contributed by atoms with Gasteiger partial charge in [-0.15, -0.1) is 0 Å². The van der Waals surface area contributed by atoms with E-state index in [9.17, 15) is 0 Å². The highest BCUT2D eigenvalue weighted by Crippen LogP contribution is 2.27. The van der Waals surface area contributed by atoms with Gasteiger partial charge in [0.2, 0.25) is 0 Å². The summed E-state index contributed by atoms with van der Waals surface area (Å²) in [6.45, 7) is 4.79. The fourth-order valence-corrected chi connectivity index (χ4v) is 4.80. The van der Waals surface area contributed by atoms with Crippen molar-refractivity contribution in [2.45, 2.75) is 57.5 Å². The van der Waals surface area contributed by atoms with E-state index in [1.165, 1.54) is 74.4 Å². The van der Waals surface area contributed by atoms with Gasteiger partial charge >= 0.3 is 0 Å². The molecule has 2 nitrogen and oxygen atoms in total. The van der Waals surface area contributed by atoms with Gasteiger partial charge in [0.15, 0.2) is 0 Å². The smallest absolute Gasteiger partial charge is 0.0221 e. The maximum absolute atomic E-state index is 3.73. The quantitative estimate of drug-likeness (QED) is 0.801. The molecule has 1 unspecified atom stereocenters. The fraction of sp³-hybridized carbons (Fsp3) is 0.565. The van der Waals surface area contributed by atoms with Crippen LogP contribution in [-0.4, -0.2) is 30.6 Å². The Bertz CT molecular complexity index is 675. The molecule has 0 spiro atoms. The van der Waals surface area contributed by atoms with Gasteiger partial charge in [-0.2, -0.15) is 0 Å². The zero-order chi connectivity index (χ0) is 16.9. The van der Waals surface area contributed by atoms with E-state index in [0.29, 0.717) is 0 Å². The Morgan fingerprint density at radius 2 is 1.72 bits per heavy atom. The van der Waals surface area contributed by atoms with Crippen molar-refractivity contribution >= 4 is 10.8 Å². The van der Waals surface area contributed by atoms with Crippen LogP contribution in [0.1, 0.15) is 50.5 Å². The van der Waals surface area contributed by atoms with Crippen LogP contribution < -0.4 is 5.32 Å². The molecule has 2 aromatic rings. The largest absolute Gasteiger partial charge is 0.311 e. The first kappa shape index (κ1) is 17.1. The summed E-state index contributed by atoms with van der Waals surface area (Å²) in [7, 11) is 0. The molecule has 1 aliphatic heterocycles. The Morgan fingerprint density at radius 1 is 0.880 bits per heavy atom. The molecule has 25 heavy (non-hydrogen) atoms. The van der Waals surface area contributed by atoms with E-state index in [-0.39, 0.29) is 0 Å². The number of benzene rings is 2. The second kappa shape index (κ2) is 8.33. The van der Waals surface area contributed by atoms with Crippen molar-refractivity contribution in [2.24, 2.45) is 5.92 Å². The SMILES string of the molecule is c1ccc2cc(CNCC3CCCN3CC3CCCCC3)ccc2c1. The topological polar surface area (TPSA) is 15.3 Å². The summed E-state index contributed by atoms with van der Waals surface area (Å²) in [4.78, 5) is 2.78. The number of likely N-dealkylation sites (tertiary alicyclic amines) is 1. The van der Waals surface area contributed by atoms with Crippen LogP contribution in [0.25, 0.3) is 10.8 Å². The van der Waals surface area contributed by atoms with E-state index in [1.807, 2.05) is 0 Å². The normalized spacial score (nSPS) is 22.6. The van der Waals surface area contributed by atoms with Crippen LogP contribution in [0, 0.1) is 5.92 Å². The van der Waals surface area contributed by atoms with Crippen LogP contribution in [0.5, 0.6) is 0 Å². The predicted molar refractivity (Wildman–Crippen MR) is 107 cm³/mol. The van der Waals surface area contributed by atoms with Gasteiger partial charge in [-0.1, -0.05) is 55.7 Å². The summed E-state index contributed by atoms with van der Waals surface area (Å²) in [5.41, 5.74) is 1.40. The van der Waals surface area contributed by atoms with Crippen LogP contribution >= 0.6 is 0 Å². The Labute approximate surface area is 152 Å². The molecule has 1 aliphatic carbocycles. The molecule has 1 N–H and O–H groups in total. The molecule has 1 saturated carbocycles. The Hall–Kier alpha value is -1.38. The fourth-order valence-electron chi connectivity index (χ4n) is 4.80. The maximum atomic E-state index is 3.73. The van der Waals surface area contributed by atoms with Crippen LogP contribution in [0.3, 0.4) is 0 Å². The molecule has 1 atom stereocenters. The van der Waals surface area contributed by atoms with E-state index in [2.05, 4.69) is 52.7 Å². The zero-order valence-corrected chi connectivity index (χ0v) is 15.4. The summed E-state index contributed by atoms with van der Waals surface area (Å²) < 4.78 is 0. The van der Waals surface area contributed by atoms with Crippen molar-refractivity contribution in [2.75, 3.05) is 19.6 Å². The molecule has 0 amide bonds. The van der Waals surface area contributed by atoms with Gasteiger partial charge in [0.1, 0.15) is 0 Å². The number of nitrogens with zero attached hydrogens (tertiary/aromatic N) is 1. The lowest BCUT2D eigenvalue weighted by Gasteiger charge is -2.31. The first-order valence-electron chi connectivity index (χ1n) is 10.3. The summed E-state index contributed by atoms with van der Waals surface area (Å²) in [5, 5.41) is 6.42. The Balaban J connectivity index is 1.27. The molecular formula is C23H32N2. The van der Waals surface area contributed by atoms with Gasteiger partial charge < -0.3 is 5.32 Å². The van der Waals surface area contributed by atoms with Crippen molar-refractivity contribution in [1.29, 1.82) is 0 Å². The first-order chi connectivity index (χ1) is 12.4. The van der Waals surface area contributed by atoms with Crippen LogP contribution in [0.4, 0.5) is 0 Å². The molecule has 2 aliphatic rings. The van der Waals surface area contributed by atoms with Crippen molar-refractivity contribution in [3.8, 4) is 0 Å². The third kappa shape index (κ3) is 4.43. The van der Waals surface area contributed by atoms with Crippen LogP contribution in [-0.2, 0) is 6.54 Å². The van der Waals surface area contributed by atoms with Gasteiger partial charge in [-0.3, -0.25) is 4.90 Å². The molecule has 1 saturated heterocycles. The minimum atomic E-state index is 0.752. The minimum absolute atomic E-state index is 0.752. The lowest BCUT2D eigenvalue weighted by atomic mass is 9.89. The highest BCUT2D eigenvalue weighted by molar-refractivity contribution is 5.82. The monoisotopic (exact) mass is 336 g/mol. The highest BCUT2D eigenvalue weighted by atomic mass is 15.2. The average Bonchev–Trinajstić information content (AvgIpc) is 3.09. The molecule has 2 heteroatoms. The Morgan fingerprint density at radius 3 is 2.60 bits per heavy atom. The van der Waals surface area contributed by atoms with E-state index < -0.39 is 0 Å². The van der Waals surface area contributed by atoms with E-state index in [4.69, 9.17) is 0 Å². The van der Waals surface area contributed by atoms with E-state index in [0.717, 1.165) is 25.0 Å². The van der Waals surface area contributed by atoms with Crippen molar-refractivity contribution in [1.82, 2.24) is 10.2 Å². The molecule has 2 aromatic carbocycles. The second-order valence-corrected chi connectivity index (χ2v) is 8.11. The van der Waals surface area contributed by atoms with E-state index >= 15 is 0 Å². The first-order valence-corrected chi connectivity index (χ1v) is 10.3. The number of hydrogen-bond donors (Lipinski definition) is 1. The predicted octanol–water partition coefficient (Wildman–Crippen LogP) is 4.97. The third-order valence-electron chi connectivity index (χ3n) is 6.24. The second-order valence-electron chi connectivity index (χ2n) is 8.11. The molecule has 2 fully saturated rings. The summed E-state index contributed by atoms with van der Waals surface area (Å²) in [5.74, 6) is 0.967. The molecule has 4 rings (SSSR count).